The molecule has 0 radical (unpaired) electrons. The summed E-state index contributed by atoms with van der Waals surface area (Å²) in [6, 6.07) is 154. The van der Waals surface area contributed by atoms with E-state index < -0.39 is 0 Å². The van der Waals surface area contributed by atoms with Crippen LogP contribution >= 0.6 is 0 Å². The number of hydrogen-bond acceptors (Lipinski definition) is 6. The first-order valence-electron chi connectivity index (χ1n) is 44.7. The van der Waals surface area contributed by atoms with Gasteiger partial charge < -0.3 is 13.4 Å². The second-order valence-electron chi connectivity index (χ2n) is 34.4. The van der Waals surface area contributed by atoms with Crippen LogP contribution in [0.5, 0.6) is 0 Å². The number of aromatic nitrogens is 7. The van der Waals surface area contributed by atoms with Gasteiger partial charge in [0.1, 0.15) is 22.2 Å². The zero-order valence-corrected chi connectivity index (χ0v) is 70.4. The highest BCUT2D eigenvalue weighted by Gasteiger charge is 2.31. The van der Waals surface area contributed by atoms with Crippen molar-refractivity contribution in [2.75, 3.05) is 0 Å². The summed E-state index contributed by atoms with van der Waals surface area (Å²) in [4.78, 5) is 22.7. The van der Waals surface area contributed by atoms with Gasteiger partial charge in [-0.2, -0.15) is 0 Å². The number of hydrogen-bond donors (Lipinski definition) is 0. The topological polar surface area (TPSA) is 92.6 Å². The zero-order valence-electron chi connectivity index (χ0n) is 70.4. The molecular formula is C122H71N7O2. The fraction of sp³-hybridized carbons (Fsp3) is 0. The minimum atomic E-state index is 0.590. The van der Waals surface area contributed by atoms with E-state index in [1.807, 2.05) is 0 Å². The summed E-state index contributed by atoms with van der Waals surface area (Å²) in [6.07, 6.45) is 0. The van der Waals surface area contributed by atoms with E-state index in [4.69, 9.17) is 28.8 Å². The fourth-order valence-corrected chi connectivity index (χ4v) is 21.8. The van der Waals surface area contributed by atoms with Crippen molar-refractivity contribution in [1.29, 1.82) is 0 Å². The molecule has 0 amide bonds. The average molecular weight is 1670 g/mol. The lowest BCUT2D eigenvalue weighted by molar-refractivity contribution is 0.670. The van der Waals surface area contributed by atoms with E-state index in [1.54, 1.807) is 0 Å². The molecule has 7 heterocycles. The van der Waals surface area contributed by atoms with Crippen LogP contribution in [0.15, 0.2) is 440 Å². The second kappa shape index (κ2) is 28.4. The maximum atomic E-state index is 7.11. The Kier molecular flexibility index (Phi) is 15.8. The molecule has 9 heteroatoms. The van der Waals surface area contributed by atoms with Crippen molar-refractivity contribution < 1.29 is 8.83 Å². The molecule has 29 rings (SSSR count). The Morgan fingerprint density at radius 2 is 0.527 bits per heavy atom. The standard InChI is InChI=1S/C62H36N4O.C60H35N3O/c1-3-17-37(18-4-1)58-57-44-24-9-7-21-41(44)42-22-8-10-25-46(42)59(57)64-62(63-58)66-52-29-15-12-26-47(52)55-45-33-31-38(36-50(45)56-48-27-13-16-30-54(48)67-61(56)60(55)66)39-32-34-53-49(35-39)43-23-11-14-28-51(43)65(53)40-19-5-2-6-20-40;1-2-15-36(16-3-1)37-29-31-39(32-30-37)56-55-45-22-8-6-20-43(45)44-21-7-9-23-47(44)57(55)62-60(61-56)63-51-27-12-10-24-48(51)53-50-35-40(42-26-14-18-38-17-4-5-19-41(38)42)33-34-46(50)54-49-25-11-13-28-52(49)64-59(54)58(53)63/h1-36H;1-35H. The molecule has 0 spiro atoms. The minimum Gasteiger partial charge on any atom is -0.454 e. The minimum absolute atomic E-state index is 0.590. The van der Waals surface area contributed by atoms with Gasteiger partial charge >= 0.3 is 0 Å². The molecular weight excluding hydrogens is 1600 g/mol. The van der Waals surface area contributed by atoms with Gasteiger partial charge in [0, 0.05) is 92.2 Å². The first-order valence-corrected chi connectivity index (χ1v) is 44.7. The lowest BCUT2D eigenvalue weighted by atomic mass is 9.93. The predicted octanol–water partition coefficient (Wildman–Crippen LogP) is 32.8. The molecule has 0 fully saturated rings. The van der Waals surface area contributed by atoms with Gasteiger partial charge in [-0.1, -0.05) is 364 Å². The van der Waals surface area contributed by atoms with E-state index in [1.165, 1.54) is 59.9 Å². The highest BCUT2D eigenvalue weighted by atomic mass is 16.3. The molecule has 9 nitrogen and oxygen atoms in total. The van der Waals surface area contributed by atoms with Gasteiger partial charge in [-0.3, -0.25) is 9.13 Å². The largest absolute Gasteiger partial charge is 0.454 e. The van der Waals surface area contributed by atoms with Crippen LogP contribution in [0.3, 0.4) is 0 Å². The summed E-state index contributed by atoms with van der Waals surface area (Å²) in [5.41, 5.74) is 23.4. The molecule has 0 saturated heterocycles. The molecule has 606 valence electrons. The van der Waals surface area contributed by atoms with Crippen LogP contribution in [0.4, 0.5) is 0 Å². The molecule has 0 saturated carbocycles. The highest BCUT2D eigenvalue weighted by molar-refractivity contribution is 6.38. The van der Waals surface area contributed by atoms with Crippen LogP contribution in [-0.2, 0) is 0 Å². The van der Waals surface area contributed by atoms with Crippen LogP contribution in [0.1, 0.15) is 0 Å². The smallest absolute Gasteiger partial charge is 0.235 e. The van der Waals surface area contributed by atoms with Gasteiger partial charge in [-0.25, -0.2) is 19.9 Å². The Hall–Kier alpha value is -17.7. The molecule has 0 bridgehead atoms. The summed E-state index contributed by atoms with van der Waals surface area (Å²) in [5.74, 6) is 1.19. The third kappa shape index (κ3) is 10.8. The molecule has 0 atom stereocenters. The first-order chi connectivity index (χ1) is 65.0. The molecule has 0 unspecified atom stereocenters. The quantitative estimate of drug-likeness (QED) is 0.141. The van der Waals surface area contributed by atoms with Crippen LogP contribution < -0.4 is 0 Å². The van der Waals surface area contributed by atoms with Crippen molar-refractivity contribution in [2.24, 2.45) is 0 Å². The Labute approximate surface area is 748 Å². The maximum Gasteiger partial charge on any atom is 0.235 e. The van der Waals surface area contributed by atoms with Crippen molar-refractivity contribution in [3.05, 3.63) is 431 Å². The van der Waals surface area contributed by atoms with E-state index in [0.717, 1.165) is 208 Å². The lowest BCUT2D eigenvalue weighted by Gasteiger charge is -2.16. The van der Waals surface area contributed by atoms with Crippen molar-refractivity contribution in [3.8, 4) is 73.5 Å². The highest BCUT2D eigenvalue weighted by Crippen LogP contribution is 2.52. The van der Waals surface area contributed by atoms with Gasteiger partial charge in [0.2, 0.25) is 11.9 Å². The molecule has 7 aromatic heterocycles. The third-order valence-electron chi connectivity index (χ3n) is 27.5. The molecule has 22 aromatic carbocycles. The molecule has 131 heavy (non-hydrogen) atoms. The monoisotopic (exact) mass is 1670 g/mol. The molecule has 0 aliphatic rings. The number of fused-ring (bicyclic) bond motifs is 36. The number of furan rings is 2. The normalized spacial score (nSPS) is 12.1. The summed E-state index contributed by atoms with van der Waals surface area (Å²) in [7, 11) is 0. The SMILES string of the molecule is c1ccc(-c2ccc(-c3nc(-n4c5ccccc5c5c6cc(-c7cccc8ccccc78)ccc6c6c7ccccc7oc6c54)nc4c5ccccc5c5ccccc5c34)cc2)cc1.c1ccc(-c2nc(-n3c4ccccc4c4c5ccc(-c6ccc7c(c6)c6ccccc6n7-c6ccccc6)cc5c5c6ccccc6oc5c43)nc3c4ccccc4c4ccccc4c23)cc1. The van der Waals surface area contributed by atoms with Crippen molar-refractivity contribution in [1.82, 2.24) is 33.6 Å². The summed E-state index contributed by atoms with van der Waals surface area (Å²) in [6.45, 7) is 0. The van der Waals surface area contributed by atoms with Gasteiger partial charge in [0.25, 0.3) is 0 Å². The number of benzene rings is 22. The predicted molar refractivity (Wildman–Crippen MR) is 546 cm³/mol. The summed E-state index contributed by atoms with van der Waals surface area (Å²) in [5, 5.41) is 29.4. The Morgan fingerprint density at radius 1 is 0.183 bits per heavy atom. The first kappa shape index (κ1) is 72.6. The third-order valence-corrected chi connectivity index (χ3v) is 27.5. The van der Waals surface area contributed by atoms with E-state index in [-0.39, 0.29) is 0 Å². The van der Waals surface area contributed by atoms with E-state index in [0.29, 0.717) is 11.9 Å². The zero-order chi connectivity index (χ0) is 85.6. The maximum absolute atomic E-state index is 7.11. The van der Waals surface area contributed by atoms with Gasteiger partial charge in [0.05, 0.1) is 44.5 Å². The van der Waals surface area contributed by atoms with Crippen LogP contribution in [-0.4, -0.2) is 33.6 Å². The molecule has 29 aromatic rings. The number of rotatable bonds is 8. The van der Waals surface area contributed by atoms with Crippen LogP contribution in [0, 0.1) is 0 Å². The molecule has 0 aliphatic heterocycles. The Balaban J connectivity index is 0.000000132. The van der Waals surface area contributed by atoms with Crippen molar-refractivity contribution in [3.63, 3.8) is 0 Å². The van der Waals surface area contributed by atoms with Crippen molar-refractivity contribution >= 4 is 207 Å². The average Bonchev–Trinajstić information content (AvgIpc) is 1.54. The van der Waals surface area contributed by atoms with E-state index in [2.05, 4.69) is 444 Å². The summed E-state index contributed by atoms with van der Waals surface area (Å²) < 4.78 is 21.1. The second-order valence-corrected chi connectivity index (χ2v) is 34.4. The van der Waals surface area contributed by atoms with Crippen LogP contribution in [0.25, 0.3) is 280 Å². The Morgan fingerprint density at radius 3 is 1.09 bits per heavy atom. The number of nitrogens with zero attached hydrogens (tertiary/aromatic N) is 7. The Bertz CT molecular complexity index is 9930. The number of para-hydroxylation sites is 6. The van der Waals surface area contributed by atoms with Gasteiger partial charge in [-0.15, -0.1) is 0 Å². The lowest BCUT2D eigenvalue weighted by Crippen LogP contribution is -2.04. The summed E-state index contributed by atoms with van der Waals surface area (Å²) >= 11 is 0. The van der Waals surface area contributed by atoms with Crippen molar-refractivity contribution in [2.45, 2.75) is 0 Å². The van der Waals surface area contributed by atoms with E-state index >= 15 is 0 Å². The van der Waals surface area contributed by atoms with Gasteiger partial charge in [-0.05, 0) is 165 Å². The van der Waals surface area contributed by atoms with Crippen LogP contribution in [0.2, 0.25) is 0 Å². The molecule has 0 aliphatic carbocycles. The fourth-order valence-electron chi connectivity index (χ4n) is 21.8. The molecule has 0 N–H and O–H groups in total. The van der Waals surface area contributed by atoms with E-state index in [9.17, 15) is 0 Å². The van der Waals surface area contributed by atoms with Gasteiger partial charge in [0.15, 0.2) is 11.2 Å².